The number of nitrogens with one attached hydrogen (secondary N) is 1. The molecule has 2 bridgehead atoms. The summed E-state index contributed by atoms with van der Waals surface area (Å²) in [6.45, 7) is 2.98. The molecule has 6 heteroatoms. The van der Waals surface area contributed by atoms with E-state index in [1.165, 1.54) is 18.9 Å². The van der Waals surface area contributed by atoms with Gasteiger partial charge in [-0.05, 0) is 38.7 Å². The average Bonchev–Trinajstić information content (AvgIpc) is 2.80. The van der Waals surface area contributed by atoms with Crippen molar-refractivity contribution in [3.8, 4) is 0 Å². The number of halogens is 1. The molecule has 0 aromatic heterocycles. The largest absolute Gasteiger partial charge is 0.367 e. The smallest absolute Gasteiger partial charge is 0.271 e. The summed E-state index contributed by atoms with van der Waals surface area (Å²) in [7, 11) is 0. The highest BCUT2D eigenvalue weighted by Crippen LogP contribution is 2.36. The van der Waals surface area contributed by atoms with Crippen LogP contribution in [0.4, 0.5) is 11.4 Å². The highest BCUT2D eigenvalue weighted by molar-refractivity contribution is 6.33. The molecule has 2 heterocycles. The van der Waals surface area contributed by atoms with Crippen LogP contribution < -0.4 is 10.2 Å². The van der Waals surface area contributed by atoms with Crippen molar-refractivity contribution in [2.45, 2.75) is 50.7 Å². The summed E-state index contributed by atoms with van der Waals surface area (Å²) in [5, 5.41) is 14.9. The number of rotatable bonds is 4. The maximum absolute atomic E-state index is 10.8. The standard InChI is InChI=1S/C15H20ClN3O2/c1-2-18(13-7-10-3-4-11(8-13)17-10)15-6-5-12(19(20)21)9-14(15)16/h5-6,9-11,13,17H,2-4,7-8H2,1H3. The van der Waals surface area contributed by atoms with Gasteiger partial charge in [0.25, 0.3) is 5.69 Å². The Morgan fingerprint density at radius 2 is 2.05 bits per heavy atom. The van der Waals surface area contributed by atoms with E-state index in [4.69, 9.17) is 11.6 Å². The summed E-state index contributed by atoms with van der Waals surface area (Å²) < 4.78 is 0. The van der Waals surface area contributed by atoms with Crippen LogP contribution in [0.1, 0.15) is 32.6 Å². The van der Waals surface area contributed by atoms with Crippen LogP contribution in [-0.4, -0.2) is 29.6 Å². The molecule has 0 saturated carbocycles. The highest BCUT2D eigenvalue weighted by atomic mass is 35.5. The minimum atomic E-state index is -0.406. The number of hydrogen-bond acceptors (Lipinski definition) is 4. The van der Waals surface area contributed by atoms with Gasteiger partial charge in [0.15, 0.2) is 0 Å². The van der Waals surface area contributed by atoms with Crippen molar-refractivity contribution < 1.29 is 4.92 Å². The van der Waals surface area contributed by atoms with E-state index in [-0.39, 0.29) is 5.69 Å². The number of piperidine rings is 1. The Hall–Kier alpha value is -1.33. The fourth-order valence-electron chi connectivity index (χ4n) is 3.75. The normalized spacial score (nSPS) is 27.6. The van der Waals surface area contributed by atoms with Gasteiger partial charge in [0.2, 0.25) is 0 Å². The Morgan fingerprint density at radius 3 is 2.57 bits per heavy atom. The molecule has 2 aliphatic rings. The SMILES string of the molecule is CCN(c1ccc([N+](=O)[O-])cc1Cl)C1CC2CCC(C1)N2. The van der Waals surface area contributed by atoms with Crippen molar-refractivity contribution in [2.24, 2.45) is 0 Å². The van der Waals surface area contributed by atoms with Gasteiger partial charge in [-0.15, -0.1) is 0 Å². The Bertz CT molecular complexity index is 540. The van der Waals surface area contributed by atoms with Crippen molar-refractivity contribution in [3.05, 3.63) is 33.3 Å². The molecular formula is C15H20ClN3O2. The van der Waals surface area contributed by atoms with E-state index in [0.717, 1.165) is 25.1 Å². The predicted octanol–water partition coefficient (Wildman–Crippen LogP) is 3.36. The average molecular weight is 310 g/mol. The first kappa shape index (κ1) is 14.6. The topological polar surface area (TPSA) is 58.4 Å². The molecule has 114 valence electrons. The highest BCUT2D eigenvalue weighted by Gasteiger charge is 2.36. The van der Waals surface area contributed by atoms with E-state index >= 15 is 0 Å². The zero-order chi connectivity index (χ0) is 15.0. The lowest BCUT2D eigenvalue weighted by atomic mass is 9.97. The first-order valence-corrected chi connectivity index (χ1v) is 7.93. The summed E-state index contributed by atoms with van der Waals surface area (Å²) in [6, 6.07) is 6.47. The van der Waals surface area contributed by atoms with Crippen LogP contribution in [0, 0.1) is 10.1 Å². The summed E-state index contributed by atoms with van der Waals surface area (Å²) in [5.41, 5.74) is 0.959. The molecule has 2 atom stereocenters. The van der Waals surface area contributed by atoms with Gasteiger partial charge in [0.1, 0.15) is 0 Å². The molecule has 21 heavy (non-hydrogen) atoms. The molecule has 0 spiro atoms. The molecule has 0 radical (unpaired) electrons. The summed E-state index contributed by atoms with van der Waals surface area (Å²) in [5.74, 6) is 0. The summed E-state index contributed by atoms with van der Waals surface area (Å²) in [4.78, 5) is 12.7. The second kappa shape index (κ2) is 5.81. The molecular weight excluding hydrogens is 290 g/mol. The molecule has 2 saturated heterocycles. The van der Waals surface area contributed by atoms with Crippen LogP contribution in [-0.2, 0) is 0 Å². The van der Waals surface area contributed by atoms with Gasteiger partial charge in [0, 0.05) is 36.8 Å². The Balaban J connectivity index is 1.84. The van der Waals surface area contributed by atoms with Crippen molar-refractivity contribution in [2.75, 3.05) is 11.4 Å². The number of nitrogens with zero attached hydrogens (tertiary/aromatic N) is 2. The van der Waals surface area contributed by atoms with Gasteiger partial charge in [-0.3, -0.25) is 10.1 Å². The second-order valence-corrected chi connectivity index (χ2v) is 6.35. The Labute approximate surface area is 129 Å². The number of fused-ring (bicyclic) bond motifs is 2. The van der Waals surface area contributed by atoms with Gasteiger partial charge in [-0.2, -0.15) is 0 Å². The minimum absolute atomic E-state index is 0.0465. The molecule has 1 aromatic rings. The fraction of sp³-hybridized carbons (Fsp3) is 0.600. The third-order valence-electron chi connectivity index (χ3n) is 4.68. The third kappa shape index (κ3) is 2.85. The van der Waals surface area contributed by atoms with Gasteiger partial charge < -0.3 is 10.2 Å². The summed E-state index contributed by atoms with van der Waals surface area (Å²) >= 11 is 6.29. The van der Waals surface area contributed by atoms with E-state index in [1.54, 1.807) is 12.1 Å². The zero-order valence-corrected chi connectivity index (χ0v) is 12.8. The number of non-ortho nitro benzene ring substituents is 1. The fourth-order valence-corrected chi connectivity index (χ4v) is 4.03. The molecule has 2 aliphatic heterocycles. The van der Waals surface area contributed by atoms with Crippen LogP contribution >= 0.6 is 11.6 Å². The van der Waals surface area contributed by atoms with E-state index in [0.29, 0.717) is 23.1 Å². The van der Waals surface area contributed by atoms with Crippen LogP contribution in [0.15, 0.2) is 18.2 Å². The third-order valence-corrected chi connectivity index (χ3v) is 4.98. The lowest BCUT2D eigenvalue weighted by Gasteiger charge is -2.39. The second-order valence-electron chi connectivity index (χ2n) is 5.94. The van der Waals surface area contributed by atoms with Crippen molar-refractivity contribution in [3.63, 3.8) is 0 Å². The monoisotopic (exact) mass is 309 g/mol. The van der Waals surface area contributed by atoms with E-state index in [9.17, 15) is 10.1 Å². The molecule has 3 rings (SSSR count). The Kier molecular flexibility index (Phi) is 4.04. The Morgan fingerprint density at radius 1 is 1.38 bits per heavy atom. The first-order valence-electron chi connectivity index (χ1n) is 7.55. The number of anilines is 1. The maximum Gasteiger partial charge on any atom is 0.271 e. The number of nitro benzene ring substituents is 1. The summed E-state index contributed by atoms with van der Waals surface area (Å²) in [6.07, 6.45) is 4.76. The maximum atomic E-state index is 10.8. The minimum Gasteiger partial charge on any atom is -0.367 e. The quantitative estimate of drug-likeness (QED) is 0.684. The van der Waals surface area contributed by atoms with Gasteiger partial charge in [-0.25, -0.2) is 0 Å². The van der Waals surface area contributed by atoms with Crippen molar-refractivity contribution in [1.29, 1.82) is 0 Å². The van der Waals surface area contributed by atoms with Gasteiger partial charge in [0.05, 0.1) is 15.6 Å². The number of nitro groups is 1. The van der Waals surface area contributed by atoms with Crippen LogP contribution in [0.3, 0.4) is 0 Å². The van der Waals surface area contributed by atoms with Crippen molar-refractivity contribution in [1.82, 2.24) is 5.32 Å². The van der Waals surface area contributed by atoms with Crippen LogP contribution in [0.25, 0.3) is 0 Å². The first-order chi connectivity index (χ1) is 10.1. The zero-order valence-electron chi connectivity index (χ0n) is 12.1. The number of hydrogen-bond donors (Lipinski definition) is 1. The molecule has 2 unspecified atom stereocenters. The van der Waals surface area contributed by atoms with Crippen molar-refractivity contribution >= 4 is 23.0 Å². The lowest BCUT2D eigenvalue weighted by Crippen LogP contribution is -2.48. The van der Waals surface area contributed by atoms with Crippen LogP contribution in [0.2, 0.25) is 5.02 Å². The van der Waals surface area contributed by atoms with E-state index < -0.39 is 4.92 Å². The van der Waals surface area contributed by atoms with Crippen LogP contribution in [0.5, 0.6) is 0 Å². The van der Waals surface area contributed by atoms with E-state index in [2.05, 4.69) is 17.1 Å². The van der Waals surface area contributed by atoms with Gasteiger partial charge >= 0.3 is 0 Å². The predicted molar refractivity (Wildman–Crippen MR) is 84.1 cm³/mol. The molecule has 0 aliphatic carbocycles. The molecule has 2 fully saturated rings. The lowest BCUT2D eigenvalue weighted by molar-refractivity contribution is -0.384. The molecule has 0 amide bonds. The molecule has 5 nitrogen and oxygen atoms in total. The van der Waals surface area contributed by atoms with Gasteiger partial charge in [-0.1, -0.05) is 11.6 Å². The molecule has 1 aromatic carbocycles. The van der Waals surface area contributed by atoms with E-state index in [1.807, 2.05) is 0 Å². The number of benzene rings is 1. The molecule has 1 N–H and O–H groups in total.